The van der Waals surface area contributed by atoms with Gasteiger partial charge in [-0.05, 0) is 56.7 Å². The average Bonchev–Trinajstić information content (AvgIpc) is 3.36. The fourth-order valence-corrected chi connectivity index (χ4v) is 7.30. The van der Waals surface area contributed by atoms with Crippen molar-refractivity contribution in [1.82, 2.24) is 9.55 Å². The van der Waals surface area contributed by atoms with Crippen molar-refractivity contribution in [3.63, 3.8) is 0 Å². The van der Waals surface area contributed by atoms with Crippen LogP contribution in [0.25, 0.3) is 5.69 Å². The Morgan fingerprint density at radius 2 is 1.43 bits per heavy atom. The zero-order chi connectivity index (χ0) is 31.3. The first-order chi connectivity index (χ1) is 19.5. The number of carbonyl (C=O) groups excluding carboxylic acids is 2. The maximum atomic E-state index is 13.7. The number of phenols is 2. The van der Waals surface area contributed by atoms with Crippen molar-refractivity contribution in [2.24, 2.45) is 0 Å². The molecule has 0 saturated heterocycles. The highest BCUT2D eigenvalue weighted by Crippen LogP contribution is 2.43. The lowest BCUT2D eigenvalue weighted by Gasteiger charge is -2.15. The zero-order valence-corrected chi connectivity index (χ0v) is 27.4. The number of phenolic OH excluding ortho intramolecular Hbond substituents is 2. The summed E-state index contributed by atoms with van der Waals surface area (Å²) in [7, 11) is -5.99. The molecular formula is C27H24Cl4N2O7P2. The number of benzene rings is 2. The van der Waals surface area contributed by atoms with E-state index in [0.29, 0.717) is 5.30 Å². The Morgan fingerprint density at radius 3 is 1.98 bits per heavy atom. The van der Waals surface area contributed by atoms with Crippen molar-refractivity contribution < 1.29 is 33.5 Å². The summed E-state index contributed by atoms with van der Waals surface area (Å²) in [5, 5.41) is 21.3. The van der Waals surface area contributed by atoms with E-state index in [1.807, 2.05) is 0 Å². The van der Waals surface area contributed by atoms with Crippen LogP contribution < -0.4 is 10.6 Å². The first-order valence-electron chi connectivity index (χ1n) is 12.2. The molecule has 2 aromatic heterocycles. The van der Waals surface area contributed by atoms with E-state index in [4.69, 9.17) is 50.9 Å². The minimum atomic E-state index is -3.25. The molecule has 0 radical (unpaired) electrons. The van der Waals surface area contributed by atoms with Crippen LogP contribution in [0.5, 0.6) is 11.5 Å². The van der Waals surface area contributed by atoms with Gasteiger partial charge in [-0.25, -0.2) is 0 Å². The monoisotopic (exact) mass is 690 g/mol. The molecule has 0 aliphatic heterocycles. The van der Waals surface area contributed by atoms with Gasteiger partial charge in [0.1, 0.15) is 39.7 Å². The van der Waals surface area contributed by atoms with Crippen LogP contribution in [-0.2, 0) is 13.7 Å². The van der Waals surface area contributed by atoms with Gasteiger partial charge in [0.15, 0.2) is 0 Å². The summed E-state index contributed by atoms with van der Waals surface area (Å²) in [5.41, 5.74) is -0.934. The van der Waals surface area contributed by atoms with Crippen LogP contribution in [0.1, 0.15) is 39.0 Å². The lowest BCUT2D eigenvalue weighted by molar-refractivity contribution is 0.101. The standard InChI is InChI=1S/C27H24Cl4N2O7P2/c1-5-40-42(4,39)14-7-9-15(20(35)11-14)24(36)18-12-17(28)27(31)33(18)23-21(29)26(30)32-22(23)25(37)16-8-6-13(10-19(16)34)41(2,3)38/h6-12,32,34-35H,5H2,1-4H3. The lowest BCUT2D eigenvalue weighted by atomic mass is 10.1. The fourth-order valence-electron chi connectivity index (χ4n) is 4.26. The molecule has 0 aliphatic rings. The minimum Gasteiger partial charge on any atom is -0.507 e. The van der Waals surface area contributed by atoms with Gasteiger partial charge >= 0.3 is 0 Å². The molecule has 0 fully saturated rings. The zero-order valence-electron chi connectivity index (χ0n) is 22.5. The van der Waals surface area contributed by atoms with Crippen molar-refractivity contribution in [2.45, 2.75) is 6.92 Å². The minimum absolute atomic E-state index is 0.0776. The number of nitrogens with one attached hydrogen (secondary N) is 1. The molecule has 15 heteroatoms. The summed E-state index contributed by atoms with van der Waals surface area (Å²) in [6.07, 6.45) is 0. The third kappa shape index (κ3) is 5.97. The van der Waals surface area contributed by atoms with Crippen molar-refractivity contribution in [1.29, 1.82) is 0 Å². The fraction of sp³-hybridized carbons (Fsp3) is 0.185. The average molecular weight is 692 g/mol. The van der Waals surface area contributed by atoms with Crippen LogP contribution in [-0.4, -0.2) is 57.9 Å². The van der Waals surface area contributed by atoms with E-state index in [1.54, 1.807) is 6.92 Å². The molecule has 9 nitrogen and oxygen atoms in total. The van der Waals surface area contributed by atoms with Crippen molar-refractivity contribution >= 4 is 83.1 Å². The summed E-state index contributed by atoms with van der Waals surface area (Å²) in [6, 6.07) is 9.08. The van der Waals surface area contributed by atoms with Gasteiger partial charge in [0.05, 0.1) is 34.1 Å². The number of hydrogen-bond donors (Lipinski definition) is 3. The molecule has 0 spiro atoms. The predicted octanol–water partition coefficient (Wildman–Crippen LogP) is 7.11. The Bertz CT molecular complexity index is 1860. The first-order valence-corrected chi connectivity index (χ1v) is 18.4. The number of aromatic hydroxyl groups is 2. The summed E-state index contributed by atoms with van der Waals surface area (Å²) < 4.78 is 31.6. The highest BCUT2D eigenvalue weighted by Gasteiger charge is 2.31. The van der Waals surface area contributed by atoms with E-state index in [9.17, 15) is 28.9 Å². The molecule has 0 bridgehead atoms. The van der Waals surface area contributed by atoms with Gasteiger partial charge in [-0.3, -0.25) is 18.7 Å². The maximum absolute atomic E-state index is 13.7. The first kappa shape index (κ1) is 32.4. The highest BCUT2D eigenvalue weighted by atomic mass is 35.5. The summed E-state index contributed by atoms with van der Waals surface area (Å²) in [5.74, 6) is -2.46. The van der Waals surface area contributed by atoms with Crippen LogP contribution in [0.4, 0.5) is 0 Å². The molecule has 42 heavy (non-hydrogen) atoms. The topological polar surface area (TPSA) is 139 Å². The maximum Gasteiger partial charge on any atom is 0.229 e. The number of halogens is 4. The van der Waals surface area contributed by atoms with Crippen molar-refractivity contribution in [2.75, 3.05) is 26.6 Å². The van der Waals surface area contributed by atoms with Crippen LogP contribution in [0.2, 0.25) is 20.4 Å². The SMILES string of the molecule is CCOP(C)(=O)c1ccc(C(=O)c2cc(Cl)c(Cl)n2-c2c(C(=O)c3ccc(P(C)(C)=O)cc3O)[nH]c(Cl)c2Cl)c(O)c1. The number of carbonyl (C=O) groups is 2. The lowest BCUT2D eigenvalue weighted by Crippen LogP contribution is -2.14. The van der Waals surface area contributed by atoms with Crippen LogP contribution in [0.15, 0.2) is 42.5 Å². The molecule has 1 unspecified atom stereocenters. The third-order valence-corrected chi connectivity index (χ3v) is 11.4. The molecule has 222 valence electrons. The third-order valence-electron chi connectivity index (χ3n) is 6.37. The van der Waals surface area contributed by atoms with Gasteiger partial charge in [-0.1, -0.05) is 52.5 Å². The number of hydrogen-bond acceptors (Lipinski definition) is 7. The summed E-state index contributed by atoms with van der Waals surface area (Å²) in [4.78, 5) is 30.1. The van der Waals surface area contributed by atoms with Crippen LogP contribution in [0, 0.1) is 0 Å². The quantitative estimate of drug-likeness (QED) is 0.126. The molecule has 0 aliphatic carbocycles. The Hall–Kier alpha value is -2.48. The molecule has 2 aromatic carbocycles. The van der Waals surface area contributed by atoms with Gasteiger partial charge in [-0.15, -0.1) is 0 Å². The Labute approximate surface area is 261 Å². The number of ketones is 2. The number of aromatic nitrogens is 2. The molecule has 2 heterocycles. The molecule has 4 rings (SSSR count). The molecular weight excluding hydrogens is 668 g/mol. The number of H-pyrrole nitrogens is 1. The Kier molecular flexibility index (Phi) is 9.19. The largest absolute Gasteiger partial charge is 0.507 e. The Morgan fingerprint density at radius 1 is 0.881 bits per heavy atom. The number of aromatic amines is 1. The van der Waals surface area contributed by atoms with Crippen molar-refractivity contribution in [3.05, 3.63) is 85.3 Å². The predicted molar refractivity (Wildman–Crippen MR) is 167 cm³/mol. The van der Waals surface area contributed by atoms with E-state index < -0.39 is 37.6 Å². The van der Waals surface area contributed by atoms with Gasteiger partial charge in [0.2, 0.25) is 18.9 Å². The normalized spacial score (nSPS) is 13.2. The van der Waals surface area contributed by atoms with Crippen LogP contribution in [0.3, 0.4) is 0 Å². The number of rotatable bonds is 9. The highest BCUT2D eigenvalue weighted by molar-refractivity contribution is 7.70. The second kappa shape index (κ2) is 11.9. The van der Waals surface area contributed by atoms with E-state index in [1.165, 1.54) is 62.5 Å². The molecule has 1 atom stereocenters. The smallest absolute Gasteiger partial charge is 0.229 e. The van der Waals surface area contributed by atoms with E-state index in [2.05, 4.69) is 4.98 Å². The van der Waals surface area contributed by atoms with Gasteiger partial charge in [0.25, 0.3) is 0 Å². The van der Waals surface area contributed by atoms with Crippen molar-refractivity contribution in [3.8, 4) is 17.2 Å². The van der Waals surface area contributed by atoms with Gasteiger partial charge in [-0.2, -0.15) is 0 Å². The van der Waals surface area contributed by atoms with Gasteiger partial charge in [0, 0.05) is 17.3 Å². The summed E-state index contributed by atoms with van der Waals surface area (Å²) in [6.45, 7) is 6.29. The molecule has 4 aromatic rings. The summed E-state index contributed by atoms with van der Waals surface area (Å²) >= 11 is 25.6. The molecule has 0 amide bonds. The van der Waals surface area contributed by atoms with E-state index in [-0.39, 0.29) is 60.5 Å². The molecule has 3 N–H and O–H groups in total. The van der Waals surface area contributed by atoms with E-state index in [0.717, 1.165) is 4.57 Å². The Balaban J connectivity index is 1.87. The second-order valence-electron chi connectivity index (χ2n) is 9.66. The van der Waals surface area contributed by atoms with E-state index >= 15 is 0 Å². The van der Waals surface area contributed by atoms with Crippen LogP contribution >= 0.6 is 60.9 Å². The molecule has 0 saturated carbocycles. The number of nitrogens with zero attached hydrogens (tertiary/aromatic N) is 1. The second-order valence-corrected chi connectivity index (χ2v) is 16.9. The van der Waals surface area contributed by atoms with Gasteiger partial charge < -0.3 is 24.3 Å².